The molecule has 1 aromatic rings. The van der Waals surface area contributed by atoms with Crippen LogP contribution in [-0.4, -0.2) is 47.9 Å². The van der Waals surface area contributed by atoms with Crippen LogP contribution in [0.5, 0.6) is 5.75 Å². The van der Waals surface area contributed by atoms with Gasteiger partial charge in [-0.3, -0.25) is 9.20 Å². The number of halogens is 1. The van der Waals surface area contributed by atoms with Crippen molar-refractivity contribution in [1.29, 1.82) is 0 Å². The number of nitrogens with zero attached hydrogens (tertiary/aromatic N) is 1. The highest BCUT2D eigenvalue weighted by Crippen LogP contribution is 2.50. The van der Waals surface area contributed by atoms with Crippen LogP contribution in [0.15, 0.2) is 29.3 Å². The van der Waals surface area contributed by atoms with E-state index in [1.807, 2.05) is 26.1 Å². The molecule has 0 aromatic heterocycles. The molecule has 28 heavy (non-hydrogen) atoms. The molecule has 0 radical (unpaired) electrons. The Bertz CT molecular complexity index is 694. The van der Waals surface area contributed by atoms with Gasteiger partial charge in [-0.25, -0.2) is 0 Å². The summed E-state index contributed by atoms with van der Waals surface area (Å²) < 4.78 is 17.7. The second kappa shape index (κ2) is 10.8. The number of guanidine groups is 1. The molecule has 2 N–H and O–H groups in total. The highest BCUT2D eigenvalue weighted by atomic mass is 127. The number of ether oxygens (including phenoxy) is 1. The molecular weight excluding hydrogens is 485 g/mol. The lowest BCUT2D eigenvalue weighted by molar-refractivity contribution is 0.402. The van der Waals surface area contributed by atoms with Gasteiger partial charge in [-0.2, -0.15) is 0 Å². The Morgan fingerprint density at radius 3 is 2.71 bits per heavy atom. The van der Waals surface area contributed by atoms with Crippen LogP contribution in [0.4, 0.5) is 0 Å². The number of benzene rings is 1. The van der Waals surface area contributed by atoms with E-state index >= 15 is 0 Å². The Kier molecular flexibility index (Phi) is 9.05. The molecule has 7 heteroatoms. The van der Waals surface area contributed by atoms with Gasteiger partial charge >= 0.3 is 0 Å². The summed E-state index contributed by atoms with van der Waals surface area (Å²) >= 11 is 0. The molecule has 0 amide bonds. The van der Waals surface area contributed by atoms with Crippen LogP contribution in [0.25, 0.3) is 0 Å². The van der Waals surface area contributed by atoms with Gasteiger partial charge in [0.25, 0.3) is 0 Å². The largest absolute Gasteiger partial charge is 0.496 e. The first-order valence-electron chi connectivity index (χ1n) is 10.1. The zero-order chi connectivity index (χ0) is 19.3. The smallest absolute Gasteiger partial charge is 0.191 e. The molecule has 3 atom stereocenters. The molecule has 1 aromatic carbocycles. The average molecular weight is 519 g/mol. The Hall–Kier alpha value is -0.830. The second-order valence-electron chi connectivity index (χ2n) is 7.71. The van der Waals surface area contributed by atoms with Crippen molar-refractivity contribution >= 4 is 40.7 Å². The maximum absolute atomic E-state index is 12.2. The zero-order valence-corrected chi connectivity index (χ0v) is 20.3. The number of nitrogens with one attached hydrogen (secondary N) is 2. The predicted octanol–water partition coefficient (Wildman–Crippen LogP) is 3.59. The van der Waals surface area contributed by atoms with Crippen molar-refractivity contribution in [2.75, 3.05) is 26.5 Å². The van der Waals surface area contributed by atoms with E-state index in [9.17, 15) is 4.21 Å². The number of aliphatic imine (C=N–C) groups is 1. The second-order valence-corrected chi connectivity index (χ2v) is 9.71. The van der Waals surface area contributed by atoms with Crippen molar-refractivity contribution in [2.45, 2.75) is 62.2 Å². The van der Waals surface area contributed by atoms with Crippen molar-refractivity contribution in [3.63, 3.8) is 0 Å². The number of methoxy groups -OCH3 is 1. The van der Waals surface area contributed by atoms with Crippen molar-refractivity contribution in [3.8, 4) is 5.75 Å². The predicted molar refractivity (Wildman–Crippen MR) is 129 cm³/mol. The number of para-hydroxylation sites is 1. The quantitative estimate of drug-likeness (QED) is 0.329. The Morgan fingerprint density at radius 2 is 2.07 bits per heavy atom. The van der Waals surface area contributed by atoms with Gasteiger partial charge in [-0.1, -0.05) is 31.5 Å². The lowest BCUT2D eigenvalue weighted by Gasteiger charge is -2.30. The molecule has 2 aliphatic rings. The highest BCUT2D eigenvalue weighted by Gasteiger charge is 2.46. The average Bonchev–Trinajstić information content (AvgIpc) is 3.51. The Morgan fingerprint density at radius 1 is 1.32 bits per heavy atom. The minimum Gasteiger partial charge on any atom is -0.496 e. The van der Waals surface area contributed by atoms with Crippen LogP contribution < -0.4 is 15.4 Å². The van der Waals surface area contributed by atoms with Crippen molar-refractivity contribution in [1.82, 2.24) is 10.6 Å². The van der Waals surface area contributed by atoms with E-state index in [2.05, 4.69) is 27.8 Å². The SMILES string of the molecule is CCS(=O)C1CCCC(NC(=NC)NCC2(c3ccccc3OC)CC2)C1.I. The van der Waals surface area contributed by atoms with Gasteiger partial charge in [0.2, 0.25) is 0 Å². The zero-order valence-electron chi connectivity index (χ0n) is 17.2. The summed E-state index contributed by atoms with van der Waals surface area (Å²) in [5.41, 5.74) is 1.43. The van der Waals surface area contributed by atoms with E-state index in [1.54, 1.807) is 7.11 Å². The third-order valence-corrected chi connectivity index (χ3v) is 7.71. The van der Waals surface area contributed by atoms with Crippen LogP contribution in [0.2, 0.25) is 0 Å². The molecule has 2 fully saturated rings. The molecule has 2 saturated carbocycles. The molecule has 2 aliphatic carbocycles. The molecule has 3 rings (SSSR count). The topological polar surface area (TPSA) is 62.7 Å². The first-order chi connectivity index (χ1) is 13.1. The van der Waals surface area contributed by atoms with Gasteiger partial charge in [-0.15, -0.1) is 24.0 Å². The molecule has 3 unspecified atom stereocenters. The van der Waals surface area contributed by atoms with Crippen LogP contribution in [0, 0.1) is 0 Å². The third-order valence-electron chi connectivity index (χ3n) is 5.97. The maximum atomic E-state index is 12.2. The van der Waals surface area contributed by atoms with Crippen molar-refractivity contribution in [2.24, 2.45) is 4.99 Å². The molecule has 0 aliphatic heterocycles. The van der Waals surface area contributed by atoms with Gasteiger partial charge in [0.1, 0.15) is 5.75 Å². The van der Waals surface area contributed by atoms with Gasteiger partial charge in [0.05, 0.1) is 7.11 Å². The molecule has 5 nitrogen and oxygen atoms in total. The van der Waals surface area contributed by atoms with Crippen LogP contribution in [-0.2, 0) is 16.2 Å². The standard InChI is InChI=1S/C21H33N3O2S.HI/c1-4-27(25)17-9-7-8-16(14-17)24-20(22-2)23-15-21(12-13-21)18-10-5-6-11-19(18)26-3;/h5-6,10-11,16-17H,4,7-9,12-15H2,1-3H3,(H2,22,23,24);1H. The molecule has 0 spiro atoms. The summed E-state index contributed by atoms with van der Waals surface area (Å²) in [4.78, 5) is 4.43. The molecule has 0 bridgehead atoms. The maximum Gasteiger partial charge on any atom is 0.191 e. The van der Waals surface area contributed by atoms with Crippen molar-refractivity contribution in [3.05, 3.63) is 29.8 Å². The lowest BCUT2D eigenvalue weighted by Crippen LogP contribution is -2.48. The minimum absolute atomic E-state index is 0. The van der Waals surface area contributed by atoms with E-state index in [1.165, 1.54) is 18.4 Å². The molecule has 158 valence electrons. The number of hydrogen-bond donors (Lipinski definition) is 2. The van der Waals surface area contributed by atoms with E-state index in [0.717, 1.165) is 49.7 Å². The summed E-state index contributed by atoms with van der Waals surface area (Å²) in [5, 5.41) is 7.42. The Labute approximate surface area is 189 Å². The van der Waals surface area contributed by atoms with Crippen LogP contribution in [0.3, 0.4) is 0 Å². The first kappa shape index (κ1) is 23.4. The fourth-order valence-electron chi connectivity index (χ4n) is 4.17. The number of hydrogen-bond acceptors (Lipinski definition) is 3. The summed E-state index contributed by atoms with van der Waals surface area (Å²) in [5.74, 6) is 2.58. The highest BCUT2D eigenvalue weighted by molar-refractivity contribution is 14.0. The summed E-state index contributed by atoms with van der Waals surface area (Å²) in [6.45, 7) is 2.87. The van der Waals surface area contributed by atoms with Crippen molar-refractivity contribution < 1.29 is 8.95 Å². The van der Waals surface area contributed by atoms with E-state index < -0.39 is 10.8 Å². The molecule has 0 saturated heterocycles. The lowest BCUT2D eigenvalue weighted by atomic mass is 9.94. The van der Waals surface area contributed by atoms with Gasteiger partial charge in [0.15, 0.2) is 5.96 Å². The normalized spacial score (nSPS) is 24.6. The third kappa shape index (κ3) is 5.62. The van der Waals surface area contributed by atoms with E-state index in [0.29, 0.717) is 11.3 Å². The van der Waals surface area contributed by atoms with E-state index in [-0.39, 0.29) is 29.4 Å². The fraction of sp³-hybridized carbons (Fsp3) is 0.667. The fourth-order valence-corrected chi connectivity index (χ4v) is 5.51. The monoisotopic (exact) mass is 519 g/mol. The summed E-state index contributed by atoms with van der Waals surface area (Å²) in [7, 11) is 2.86. The number of rotatable bonds is 7. The van der Waals surface area contributed by atoms with E-state index in [4.69, 9.17) is 4.74 Å². The van der Waals surface area contributed by atoms with Gasteiger partial charge in [0, 0.05) is 52.4 Å². The van der Waals surface area contributed by atoms with Crippen LogP contribution >= 0.6 is 24.0 Å². The van der Waals surface area contributed by atoms with Gasteiger partial charge < -0.3 is 15.4 Å². The summed E-state index contributed by atoms with van der Waals surface area (Å²) in [6, 6.07) is 8.67. The Balaban J connectivity index is 0.00000280. The minimum atomic E-state index is -0.702. The van der Waals surface area contributed by atoms with Crippen LogP contribution in [0.1, 0.15) is 51.0 Å². The molecular formula is C21H34IN3O2S. The van der Waals surface area contributed by atoms with Gasteiger partial charge in [-0.05, 0) is 38.2 Å². The molecule has 0 heterocycles. The summed E-state index contributed by atoms with van der Waals surface area (Å²) in [6.07, 6.45) is 6.64. The first-order valence-corrected chi connectivity index (χ1v) is 11.5.